The number of thioether (sulfide) groups is 1. The Bertz CT molecular complexity index is 725. The van der Waals surface area contributed by atoms with Gasteiger partial charge in [-0.15, -0.1) is 0 Å². The number of hydrogen-bond donors (Lipinski definition) is 0. The Hall–Kier alpha value is -2.15. The quantitative estimate of drug-likeness (QED) is 0.694. The fraction of sp³-hybridized carbons (Fsp3) is 0.375. The largest absolute Gasteiger partial charge is 0.332 e. The van der Waals surface area contributed by atoms with E-state index in [2.05, 4.69) is 0 Å². The third kappa shape index (κ3) is 4.41. The number of nitrogens with zero attached hydrogens (tertiary/aromatic N) is 4. The summed E-state index contributed by atoms with van der Waals surface area (Å²) < 4.78 is 6.52. The highest BCUT2D eigenvalue weighted by Crippen LogP contribution is 2.02. The molecule has 0 spiro atoms. The summed E-state index contributed by atoms with van der Waals surface area (Å²) in [5, 5.41) is 0. The lowest BCUT2D eigenvalue weighted by molar-refractivity contribution is 0.715. The zero-order chi connectivity index (χ0) is 16.7. The van der Waals surface area contributed by atoms with Gasteiger partial charge in [0.2, 0.25) is 0 Å². The summed E-state index contributed by atoms with van der Waals surface area (Å²) in [5.41, 5.74) is -0.0494. The van der Waals surface area contributed by atoms with E-state index in [-0.39, 0.29) is 11.4 Å². The second kappa shape index (κ2) is 8.47. The molecule has 2 heterocycles. The molecule has 0 aliphatic carbocycles. The molecule has 2 rings (SSSR count). The minimum absolute atomic E-state index is 0.0247. The fourth-order valence-corrected chi connectivity index (χ4v) is 3.03. The van der Waals surface area contributed by atoms with Crippen molar-refractivity contribution < 1.29 is 0 Å². The van der Waals surface area contributed by atoms with Crippen LogP contribution in [0.1, 0.15) is 13.8 Å². The van der Waals surface area contributed by atoms with Gasteiger partial charge in [-0.2, -0.15) is 11.8 Å². The van der Waals surface area contributed by atoms with Gasteiger partial charge in [0, 0.05) is 61.8 Å². The molecule has 0 bridgehead atoms. The van der Waals surface area contributed by atoms with Gasteiger partial charge >= 0.3 is 11.4 Å². The number of hydrogen-bond acceptors (Lipinski definition) is 3. The van der Waals surface area contributed by atoms with Crippen molar-refractivity contribution in [2.45, 2.75) is 26.9 Å². The highest BCUT2D eigenvalue weighted by molar-refractivity contribution is 7.99. The summed E-state index contributed by atoms with van der Waals surface area (Å²) in [6.45, 7) is 5.10. The summed E-state index contributed by atoms with van der Waals surface area (Å²) in [6.07, 6.45) is 14.3. The van der Waals surface area contributed by atoms with Gasteiger partial charge in [-0.1, -0.05) is 12.2 Å². The Balaban J connectivity index is 1.78. The second-order valence-electron chi connectivity index (χ2n) is 4.94. The zero-order valence-electron chi connectivity index (χ0n) is 13.5. The fourth-order valence-electron chi connectivity index (χ4n) is 2.17. The van der Waals surface area contributed by atoms with Crippen LogP contribution in [0.2, 0.25) is 0 Å². The standard InChI is InChI=1S/C16H22N4O2S/c1-3-5-17-7-9-19(15(17)21)11-13-23-14-12-20-10-8-18(6-4-2)16(20)22/h3-10H,11-14H2,1-2H3/b5-3+,6-4+. The van der Waals surface area contributed by atoms with Gasteiger partial charge < -0.3 is 0 Å². The highest BCUT2D eigenvalue weighted by Gasteiger charge is 2.02. The maximum atomic E-state index is 12.0. The van der Waals surface area contributed by atoms with Gasteiger partial charge in [0.05, 0.1) is 0 Å². The Morgan fingerprint density at radius 1 is 0.826 bits per heavy atom. The molecule has 0 radical (unpaired) electrons. The lowest BCUT2D eigenvalue weighted by Crippen LogP contribution is -2.23. The number of aryl methyl sites for hydroxylation is 2. The minimum atomic E-state index is -0.0247. The summed E-state index contributed by atoms with van der Waals surface area (Å²) >= 11 is 1.73. The van der Waals surface area contributed by atoms with Crippen LogP contribution < -0.4 is 11.4 Å². The molecule has 0 fully saturated rings. The first-order chi connectivity index (χ1) is 11.2. The SMILES string of the molecule is C/C=C/n1ccn(CCSCCn2ccn(/C=C/C)c2=O)c1=O. The van der Waals surface area contributed by atoms with Crippen LogP contribution in [0.15, 0.2) is 46.5 Å². The topological polar surface area (TPSA) is 53.9 Å². The second-order valence-corrected chi connectivity index (χ2v) is 6.16. The van der Waals surface area contributed by atoms with E-state index in [4.69, 9.17) is 0 Å². The van der Waals surface area contributed by atoms with Crippen LogP contribution in [0.4, 0.5) is 0 Å². The predicted octanol–water partition coefficient (Wildman–Crippen LogP) is 2.03. The lowest BCUT2D eigenvalue weighted by atomic mass is 10.7. The molecule has 0 aromatic carbocycles. The number of imidazole rings is 2. The normalized spacial score (nSPS) is 11.9. The molecule has 2 aromatic rings. The first kappa shape index (κ1) is 17.2. The number of aromatic nitrogens is 4. The molecule has 0 saturated heterocycles. The lowest BCUT2D eigenvalue weighted by Gasteiger charge is -2.03. The van der Waals surface area contributed by atoms with Gasteiger partial charge in [-0.05, 0) is 13.8 Å². The molecule has 0 N–H and O–H groups in total. The molecule has 7 heteroatoms. The molecule has 124 valence electrons. The minimum Gasteiger partial charge on any atom is -0.298 e. The van der Waals surface area contributed by atoms with Crippen LogP contribution in [0.25, 0.3) is 12.4 Å². The Kier molecular flexibility index (Phi) is 6.34. The molecule has 0 aliphatic rings. The van der Waals surface area contributed by atoms with Crippen LogP contribution in [-0.2, 0) is 13.1 Å². The monoisotopic (exact) mass is 334 g/mol. The van der Waals surface area contributed by atoms with E-state index < -0.39 is 0 Å². The smallest absolute Gasteiger partial charge is 0.298 e. The first-order valence-corrected chi connectivity index (χ1v) is 8.70. The third-order valence-corrected chi connectivity index (χ3v) is 4.26. The summed E-state index contributed by atoms with van der Waals surface area (Å²) in [5.74, 6) is 1.67. The number of rotatable bonds is 8. The number of allylic oxidation sites excluding steroid dienone is 2. The van der Waals surface area contributed by atoms with E-state index in [1.54, 1.807) is 67.2 Å². The van der Waals surface area contributed by atoms with Crippen molar-refractivity contribution in [3.05, 3.63) is 57.9 Å². The van der Waals surface area contributed by atoms with Crippen LogP contribution in [-0.4, -0.2) is 29.8 Å². The van der Waals surface area contributed by atoms with E-state index in [9.17, 15) is 9.59 Å². The van der Waals surface area contributed by atoms with Crippen LogP contribution in [0.3, 0.4) is 0 Å². The Morgan fingerprint density at radius 2 is 1.26 bits per heavy atom. The molecule has 0 saturated carbocycles. The highest BCUT2D eigenvalue weighted by atomic mass is 32.2. The van der Waals surface area contributed by atoms with Crippen molar-refractivity contribution in [2.24, 2.45) is 0 Å². The van der Waals surface area contributed by atoms with Gasteiger partial charge in [-0.25, -0.2) is 9.59 Å². The molecule has 0 atom stereocenters. The van der Waals surface area contributed by atoms with Crippen LogP contribution >= 0.6 is 11.8 Å². The molecule has 6 nitrogen and oxygen atoms in total. The third-order valence-electron chi connectivity index (χ3n) is 3.32. The maximum Gasteiger partial charge on any atom is 0.332 e. The van der Waals surface area contributed by atoms with Crippen molar-refractivity contribution in [3.8, 4) is 0 Å². The summed E-state index contributed by atoms with van der Waals surface area (Å²) in [7, 11) is 0. The first-order valence-electron chi connectivity index (χ1n) is 7.55. The maximum absolute atomic E-state index is 12.0. The van der Waals surface area contributed by atoms with E-state index in [0.29, 0.717) is 13.1 Å². The van der Waals surface area contributed by atoms with E-state index in [1.807, 2.05) is 26.0 Å². The molecule has 23 heavy (non-hydrogen) atoms. The van der Waals surface area contributed by atoms with Gasteiger partial charge in [0.25, 0.3) is 0 Å². The van der Waals surface area contributed by atoms with E-state index in [0.717, 1.165) is 11.5 Å². The summed E-state index contributed by atoms with van der Waals surface area (Å²) in [6, 6.07) is 0. The van der Waals surface area contributed by atoms with Crippen molar-refractivity contribution in [2.75, 3.05) is 11.5 Å². The predicted molar refractivity (Wildman–Crippen MR) is 96.7 cm³/mol. The average Bonchev–Trinajstić information content (AvgIpc) is 3.06. The molecule has 2 aromatic heterocycles. The van der Waals surface area contributed by atoms with Crippen molar-refractivity contribution in [1.82, 2.24) is 18.3 Å². The van der Waals surface area contributed by atoms with Crippen LogP contribution in [0, 0.1) is 0 Å². The molecular weight excluding hydrogens is 312 g/mol. The zero-order valence-corrected chi connectivity index (χ0v) is 14.3. The molecule has 0 amide bonds. The molecule has 0 unspecified atom stereocenters. The van der Waals surface area contributed by atoms with E-state index in [1.165, 1.54) is 0 Å². The molecule has 0 aliphatic heterocycles. The van der Waals surface area contributed by atoms with Gasteiger partial charge in [-0.3, -0.25) is 18.3 Å². The van der Waals surface area contributed by atoms with Gasteiger partial charge in [0.15, 0.2) is 0 Å². The van der Waals surface area contributed by atoms with Crippen molar-refractivity contribution >= 4 is 24.2 Å². The Morgan fingerprint density at radius 3 is 1.65 bits per heavy atom. The van der Waals surface area contributed by atoms with Crippen molar-refractivity contribution in [3.63, 3.8) is 0 Å². The van der Waals surface area contributed by atoms with Crippen molar-refractivity contribution in [1.29, 1.82) is 0 Å². The summed E-state index contributed by atoms with van der Waals surface area (Å²) in [4.78, 5) is 23.9. The van der Waals surface area contributed by atoms with Crippen LogP contribution in [0.5, 0.6) is 0 Å². The van der Waals surface area contributed by atoms with Gasteiger partial charge in [0.1, 0.15) is 0 Å². The van der Waals surface area contributed by atoms with E-state index >= 15 is 0 Å². The Labute approximate surface area is 139 Å². The molecular formula is C16H22N4O2S. The average molecular weight is 334 g/mol.